The molecule has 2 aromatic heterocycles. The molecular formula is C22H19F4N5. The van der Waals surface area contributed by atoms with Gasteiger partial charge in [-0.05, 0) is 56.2 Å². The van der Waals surface area contributed by atoms with Crippen molar-refractivity contribution in [1.82, 2.24) is 19.3 Å². The van der Waals surface area contributed by atoms with Crippen molar-refractivity contribution in [3.8, 4) is 16.8 Å². The minimum Gasteiger partial charge on any atom is -0.371 e. The Labute approximate surface area is 175 Å². The summed E-state index contributed by atoms with van der Waals surface area (Å²) < 4.78 is 61.3. The summed E-state index contributed by atoms with van der Waals surface area (Å²) in [5.74, 6) is 0.123. The van der Waals surface area contributed by atoms with E-state index in [1.165, 1.54) is 16.7 Å². The van der Waals surface area contributed by atoms with Crippen LogP contribution in [0.4, 0.5) is 23.2 Å². The second-order valence-corrected chi connectivity index (χ2v) is 8.35. The van der Waals surface area contributed by atoms with Crippen molar-refractivity contribution in [1.29, 1.82) is 0 Å². The number of fused-ring (bicyclic) bond motifs is 4. The number of aryl methyl sites for hydroxylation is 2. The summed E-state index contributed by atoms with van der Waals surface area (Å²) in [7, 11) is 1.72. The molecule has 4 aromatic rings. The SMILES string of the molecule is Cc1nnc2n1-c1c(ccc(-c3cc(F)cc4c3ccn4C)c1C(F)(F)F)NC2(C)C. The maximum atomic E-state index is 14.6. The Morgan fingerprint density at radius 2 is 1.77 bits per heavy atom. The van der Waals surface area contributed by atoms with E-state index >= 15 is 0 Å². The van der Waals surface area contributed by atoms with Crippen molar-refractivity contribution >= 4 is 16.6 Å². The molecule has 1 aliphatic heterocycles. The lowest BCUT2D eigenvalue weighted by molar-refractivity contribution is -0.137. The van der Waals surface area contributed by atoms with Crippen LogP contribution in [0.5, 0.6) is 0 Å². The molecule has 0 bridgehead atoms. The van der Waals surface area contributed by atoms with Crippen LogP contribution in [-0.2, 0) is 18.8 Å². The van der Waals surface area contributed by atoms with Crippen molar-refractivity contribution in [2.45, 2.75) is 32.5 Å². The van der Waals surface area contributed by atoms with Crippen molar-refractivity contribution < 1.29 is 17.6 Å². The van der Waals surface area contributed by atoms with E-state index in [-0.39, 0.29) is 16.8 Å². The van der Waals surface area contributed by atoms with Crippen LogP contribution in [0.1, 0.15) is 31.1 Å². The molecule has 0 saturated heterocycles. The Kier molecular flexibility index (Phi) is 3.85. The van der Waals surface area contributed by atoms with E-state index in [1.807, 2.05) is 13.8 Å². The highest BCUT2D eigenvalue weighted by Gasteiger charge is 2.43. The molecule has 0 atom stereocenters. The van der Waals surface area contributed by atoms with E-state index in [9.17, 15) is 17.6 Å². The van der Waals surface area contributed by atoms with E-state index in [2.05, 4.69) is 15.5 Å². The van der Waals surface area contributed by atoms with Gasteiger partial charge < -0.3 is 9.88 Å². The van der Waals surface area contributed by atoms with Gasteiger partial charge in [0.25, 0.3) is 0 Å². The van der Waals surface area contributed by atoms with Crippen LogP contribution < -0.4 is 5.32 Å². The molecule has 3 heterocycles. The third-order valence-corrected chi connectivity index (χ3v) is 5.77. The van der Waals surface area contributed by atoms with Crippen LogP contribution in [0.2, 0.25) is 0 Å². The standard InChI is InChI=1S/C22H19F4N5/c1-11-28-29-20-21(2,3)27-16-6-5-14(18(22(24,25)26)19(16)31(11)20)15-9-12(23)10-17-13(15)7-8-30(17)4/h5-10,27H,1-4H3. The smallest absolute Gasteiger partial charge is 0.371 e. The number of nitrogens with zero attached hydrogens (tertiary/aromatic N) is 4. The van der Waals surface area contributed by atoms with Crippen LogP contribution in [0, 0.1) is 12.7 Å². The Hall–Kier alpha value is -3.36. The molecule has 2 aromatic carbocycles. The highest BCUT2D eigenvalue weighted by molar-refractivity contribution is 5.98. The van der Waals surface area contributed by atoms with Crippen LogP contribution in [0.25, 0.3) is 27.7 Å². The van der Waals surface area contributed by atoms with Gasteiger partial charge in [-0.3, -0.25) is 4.57 Å². The Morgan fingerprint density at radius 3 is 2.48 bits per heavy atom. The van der Waals surface area contributed by atoms with Crippen molar-refractivity contribution in [2.24, 2.45) is 7.05 Å². The van der Waals surface area contributed by atoms with Gasteiger partial charge in [-0.2, -0.15) is 13.2 Å². The molecular weight excluding hydrogens is 410 g/mol. The Morgan fingerprint density at radius 1 is 1.03 bits per heavy atom. The fourth-order valence-corrected chi connectivity index (χ4v) is 4.42. The lowest BCUT2D eigenvalue weighted by Gasteiger charge is -2.35. The summed E-state index contributed by atoms with van der Waals surface area (Å²) in [4.78, 5) is 0. The first-order chi connectivity index (χ1) is 14.5. The van der Waals surface area contributed by atoms with Gasteiger partial charge in [0, 0.05) is 18.6 Å². The van der Waals surface area contributed by atoms with Crippen molar-refractivity contribution in [3.63, 3.8) is 0 Å². The van der Waals surface area contributed by atoms with Crippen molar-refractivity contribution in [3.05, 3.63) is 59.6 Å². The zero-order valence-corrected chi connectivity index (χ0v) is 17.3. The number of hydrogen-bond acceptors (Lipinski definition) is 3. The molecule has 9 heteroatoms. The number of rotatable bonds is 1. The van der Waals surface area contributed by atoms with Gasteiger partial charge in [0.2, 0.25) is 0 Å². The largest absolute Gasteiger partial charge is 0.419 e. The normalized spacial score (nSPS) is 15.0. The van der Waals surface area contributed by atoms with E-state index in [1.54, 1.807) is 36.9 Å². The molecule has 0 spiro atoms. The summed E-state index contributed by atoms with van der Waals surface area (Å²) >= 11 is 0. The Bertz CT molecular complexity index is 1360. The molecule has 0 unspecified atom stereocenters. The van der Waals surface area contributed by atoms with Crippen LogP contribution >= 0.6 is 0 Å². The predicted octanol–water partition coefficient (Wildman–Crippen LogP) is 5.55. The first-order valence-electron chi connectivity index (χ1n) is 9.69. The molecule has 0 fully saturated rings. The second kappa shape index (κ2) is 6.09. The average Bonchev–Trinajstić information content (AvgIpc) is 3.23. The minimum absolute atomic E-state index is 0.0739. The third kappa shape index (κ3) is 2.75. The van der Waals surface area contributed by atoms with Crippen LogP contribution in [0.15, 0.2) is 36.5 Å². The molecule has 5 rings (SSSR count). The highest BCUT2D eigenvalue weighted by Crippen LogP contribution is 2.48. The van der Waals surface area contributed by atoms with E-state index < -0.39 is 23.1 Å². The second-order valence-electron chi connectivity index (χ2n) is 8.35. The third-order valence-electron chi connectivity index (χ3n) is 5.77. The van der Waals surface area contributed by atoms with E-state index in [0.717, 1.165) is 6.07 Å². The number of nitrogens with one attached hydrogen (secondary N) is 1. The van der Waals surface area contributed by atoms with Gasteiger partial charge in [-0.1, -0.05) is 6.07 Å². The lowest BCUT2D eigenvalue weighted by Crippen LogP contribution is -2.37. The number of hydrogen-bond donors (Lipinski definition) is 1. The monoisotopic (exact) mass is 429 g/mol. The zero-order valence-electron chi connectivity index (χ0n) is 17.3. The quantitative estimate of drug-likeness (QED) is 0.404. The molecule has 1 aliphatic rings. The topological polar surface area (TPSA) is 47.7 Å². The van der Waals surface area contributed by atoms with Gasteiger partial charge >= 0.3 is 6.18 Å². The molecule has 5 nitrogen and oxygen atoms in total. The van der Waals surface area contributed by atoms with E-state index in [4.69, 9.17) is 0 Å². The Balaban J connectivity index is 1.92. The van der Waals surface area contributed by atoms with Gasteiger partial charge in [0.05, 0.1) is 28.0 Å². The maximum Gasteiger partial charge on any atom is 0.419 e. The molecule has 0 saturated carbocycles. The van der Waals surface area contributed by atoms with Gasteiger partial charge in [0.15, 0.2) is 5.82 Å². The first kappa shape index (κ1) is 19.6. The summed E-state index contributed by atoms with van der Waals surface area (Å²) in [6, 6.07) is 7.16. The number of anilines is 1. The molecule has 31 heavy (non-hydrogen) atoms. The number of alkyl halides is 3. The van der Waals surface area contributed by atoms with E-state index in [0.29, 0.717) is 28.2 Å². The lowest BCUT2D eigenvalue weighted by atomic mass is 9.91. The fourth-order valence-electron chi connectivity index (χ4n) is 4.42. The maximum absolute atomic E-state index is 14.6. The van der Waals surface area contributed by atoms with Crippen LogP contribution in [-0.4, -0.2) is 19.3 Å². The summed E-state index contributed by atoms with van der Waals surface area (Å²) in [6.07, 6.45) is -3.00. The van der Waals surface area contributed by atoms with Crippen molar-refractivity contribution in [2.75, 3.05) is 5.32 Å². The summed E-state index contributed by atoms with van der Waals surface area (Å²) in [5.41, 5.74) is -0.726. The summed E-state index contributed by atoms with van der Waals surface area (Å²) in [6.45, 7) is 5.28. The molecule has 0 amide bonds. The van der Waals surface area contributed by atoms with Gasteiger partial charge in [-0.15, -0.1) is 10.2 Å². The first-order valence-corrected chi connectivity index (χ1v) is 9.69. The molecule has 0 radical (unpaired) electrons. The zero-order chi connectivity index (χ0) is 22.3. The van der Waals surface area contributed by atoms with Gasteiger partial charge in [0.1, 0.15) is 11.6 Å². The van der Waals surface area contributed by atoms with Gasteiger partial charge in [-0.25, -0.2) is 4.39 Å². The number of benzene rings is 2. The molecule has 0 aliphatic carbocycles. The molecule has 1 N–H and O–H groups in total. The fraction of sp³-hybridized carbons (Fsp3) is 0.273. The van der Waals surface area contributed by atoms with Crippen LogP contribution in [0.3, 0.4) is 0 Å². The molecule has 160 valence electrons. The number of halogens is 4. The minimum atomic E-state index is -4.70. The highest BCUT2D eigenvalue weighted by atomic mass is 19.4. The average molecular weight is 429 g/mol. The summed E-state index contributed by atoms with van der Waals surface area (Å²) in [5, 5.41) is 11.8. The number of aromatic nitrogens is 4. The predicted molar refractivity (Wildman–Crippen MR) is 110 cm³/mol.